The number of nitrogens with zero attached hydrogens (tertiary/aromatic N) is 4. The largest absolute Gasteiger partial charge is 0.495 e. The van der Waals surface area contributed by atoms with E-state index in [1.54, 1.807) is 19.3 Å². The van der Waals surface area contributed by atoms with Gasteiger partial charge in [-0.25, -0.2) is 9.78 Å². The standard InChI is InChI=1S/C28H34Cl2N6O4/c1-5-22(37)32-18-10-9-16(15-7-6-8-15)11-19(18)33-27-31-13-17-14-36(28(38)35(2)26(17)34-27)25-23(29)20(39-3)12-21(40-4)24(25)30/h5,12-13,15-16,18-19H,1,6-11,14H2,2-4H3,(H,32,37)(H,31,33,34)/t16?,18-,19+/m0/s1. The lowest BCUT2D eigenvalue weighted by Crippen LogP contribution is -2.51. The van der Waals surface area contributed by atoms with Gasteiger partial charge in [-0.15, -0.1) is 0 Å². The van der Waals surface area contributed by atoms with Crippen LogP contribution in [-0.4, -0.2) is 55.3 Å². The van der Waals surface area contributed by atoms with Gasteiger partial charge >= 0.3 is 6.03 Å². The molecular formula is C28H34Cl2N6O4. The SMILES string of the molecule is C=CC(=O)N[C@H]1CCC(C2CCC2)C[C@H]1Nc1ncc2c(n1)N(C)C(=O)N(c1c(Cl)c(OC)cc(OC)c1Cl)C2. The minimum atomic E-state index is -0.366. The molecule has 2 saturated carbocycles. The molecule has 1 aromatic heterocycles. The zero-order chi connectivity index (χ0) is 28.6. The first-order valence-corrected chi connectivity index (χ1v) is 14.2. The predicted molar refractivity (Wildman–Crippen MR) is 156 cm³/mol. The van der Waals surface area contributed by atoms with Crippen molar-refractivity contribution in [3.63, 3.8) is 0 Å². The van der Waals surface area contributed by atoms with Crippen molar-refractivity contribution in [3.05, 3.63) is 40.5 Å². The van der Waals surface area contributed by atoms with Crippen LogP contribution >= 0.6 is 23.2 Å². The number of rotatable bonds is 8. The van der Waals surface area contributed by atoms with Crippen molar-refractivity contribution in [1.29, 1.82) is 0 Å². The molecule has 214 valence electrons. The number of carbonyl (C=O) groups is 2. The second-order valence-corrected chi connectivity index (χ2v) is 11.3. The van der Waals surface area contributed by atoms with E-state index in [1.807, 2.05) is 0 Å². The number of hydrogen-bond donors (Lipinski definition) is 2. The molecule has 40 heavy (non-hydrogen) atoms. The number of fused-ring (bicyclic) bond motifs is 1. The molecule has 1 unspecified atom stereocenters. The molecule has 2 aliphatic carbocycles. The molecule has 2 fully saturated rings. The number of anilines is 3. The first kappa shape index (κ1) is 28.3. The van der Waals surface area contributed by atoms with Gasteiger partial charge in [0.15, 0.2) is 0 Å². The van der Waals surface area contributed by atoms with Gasteiger partial charge in [0.25, 0.3) is 0 Å². The lowest BCUT2D eigenvalue weighted by Gasteiger charge is -2.43. The fourth-order valence-corrected chi connectivity index (χ4v) is 6.65. The molecule has 1 aromatic carbocycles. The minimum Gasteiger partial charge on any atom is -0.495 e. The third-order valence-electron chi connectivity index (χ3n) is 8.36. The molecular weight excluding hydrogens is 555 g/mol. The van der Waals surface area contributed by atoms with Gasteiger partial charge in [0, 0.05) is 37.0 Å². The van der Waals surface area contributed by atoms with Crippen molar-refractivity contribution >= 4 is 52.6 Å². The van der Waals surface area contributed by atoms with Crippen LogP contribution in [0.2, 0.25) is 10.0 Å². The van der Waals surface area contributed by atoms with Crippen LogP contribution < -0.4 is 29.9 Å². The maximum Gasteiger partial charge on any atom is 0.330 e. The normalized spacial score (nSPS) is 22.7. The summed E-state index contributed by atoms with van der Waals surface area (Å²) in [7, 11) is 4.60. The predicted octanol–water partition coefficient (Wildman–Crippen LogP) is 5.43. The van der Waals surface area contributed by atoms with E-state index in [-0.39, 0.29) is 46.3 Å². The molecule has 3 atom stereocenters. The van der Waals surface area contributed by atoms with Gasteiger partial charge in [-0.1, -0.05) is 49.0 Å². The number of nitrogens with one attached hydrogen (secondary N) is 2. The second kappa shape index (κ2) is 11.7. The Bertz CT molecular complexity index is 1290. The van der Waals surface area contributed by atoms with Gasteiger partial charge in [0.05, 0.1) is 26.5 Å². The van der Waals surface area contributed by atoms with Crippen LogP contribution in [0.4, 0.5) is 22.2 Å². The number of urea groups is 1. The van der Waals surface area contributed by atoms with Crippen LogP contribution in [0.15, 0.2) is 24.9 Å². The maximum atomic E-state index is 13.6. The summed E-state index contributed by atoms with van der Waals surface area (Å²) in [4.78, 5) is 37.9. The summed E-state index contributed by atoms with van der Waals surface area (Å²) >= 11 is 13.2. The number of amides is 3. The van der Waals surface area contributed by atoms with E-state index >= 15 is 0 Å². The van der Waals surface area contributed by atoms with Crippen LogP contribution in [0.1, 0.15) is 44.1 Å². The van der Waals surface area contributed by atoms with Crippen molar-refractivity contribution in [3.8, 4) is 11.5 Å². The van der Waals surface area contributed by atoms with Gasteiger partial charge in [-0.05, 0) is 37.2 Å². The van der Waals surface area contributed by atoms with Crippen molar-refractivity contribution in [2.45, 2.75) is 57.2 Å². The molecule has 0 saturated heterocycles. The lowest BCUT2D eigenvalue weighted by molar-refractivity contribution is -0.117. The van der Waals surface area contributed by atoms with Gasteiger partial charge < -0.3 is 20.1 Å². The molecule has 2 aromatic rings. The first-order chi connectivity index (χ1) is 19.2. The Morgan fingerprint density at radius 2 is 1.80 bits per heavy atom. The molecule has 5 rings (SSSR count). The molecule has 3 aliphatic rings. The van der Waals surface area contributed by atoms with Gasteiger partial charge in [-0.3, -0.25) is 14.6 Å². The van der Waals surface area contributed by atoms with Crippen LogP contribution in [0.25, 0.3) is 0 Å². The average molecular weight is 590 g/mol. The number of methoxy groups -OCH3 is 2. The molecule has 1 aliphatic heterocycles. The Hall–Kier alpha value is -3.24. The van der Waals surface area contributed by atoms with E-state index in [2.05, 4.69) is 22.2 Å². The highest BCUT2D eigenvalue weighted by atomic mass is 35.5. The monoisotopic (exact) mass is 588 g/mol. The molecule has 10 nitrogen and oxygen atoms in total. The molecule has 3 amide bonds. The third-order valence-corrected chi connectivity index (χ3v) is 9.09. The summed E-state index contributed by atoms with van der Waals surface area (Å²) in [6.07, 6.45) is 9.71. The van der Waals surface area contributed by atoms with E-state index < -0.39 is 0 Å². The number of hydrogen-bond acceptors (Lipinski definition) is 7. The zero-order valence-corrected chi connectivity index (χ0v) is 24.4. The lowest BCUT2D eigenvalue weighted by atomic mass is 9.68. The fraction of sp³-hybridized carbons (Fsp3) is 0.500. The summed E-state index contributed by atoms with van der Waals surface area (Å²) in [5.74, 6) is 2.71. The van der Waals surface area contributed by atoms with Crippen LogP contribution in [0, 0.1) is 11.8 Å². The van der Waals surface area contributed by atoms with E-state index in [9.17, 15) is 9.59 Å². The first-order valence-electron chi connectivity index (χ1n) is 13.5. The Morgan fingerprint density at radius 3 is 2.40 bits per heavy atom. The molecule has 12 heteroatoms. The Kier molecular flexibility index (Phi) is 8.28. The molecule has 0 bridgehead atoms. The zero-order valence-electron chi connectivity index (χ0n) is 22.9. The average Bonchev–Trinajstić information content (AvgIpc) is 2.92. The van der Waals surface area contributed by atoms with E-state index in [4.69, 9.17) is 37.7 Å². The summed E-state index contributed by atoms with van der Waals surface area (Å²) < 4.78 is 10.8. The highest BCUT2D eigenvalue weighted by Gasteiger charge is 2.38. The number of ether oxygens (including phenoxy) is 2. The summed E-state index contributed by atoms with van der Waals surface area (Å²) in [5, 5.41) is 6.94. The van der Waals surface area contributed by atoms with E-state index in [1.165, 1.54) is 49.4 Å². The Morgan fingerprint density at radius 1 is 1.10 bits per heavy atom. The summed E-state index contributed by atoms with van der Waals surface area (Å²) in [5.41, 5.74) is 1.00. The van der Waals surface area contributed by atoms with Gasteiger partial charge in [0.2, 0.25) is 11.9 Å². The van der Waals surface area contributed by atoms with E-state index in [0.29, 0.717) is 34.7 Å². The molecule has 0 radical (unpaired) electrons. The maximum absolute atomic E-state index is 13.6. The Balaban J connectivity index is 1.41. The van der Waals surface area contributed by atoms with Crippen LogP contribution in [0.5, 0.6) is 11.5 Å². The van der Waals surface area contributed by atoms with Crippen molar-refractivity contribution in [1.82, 2.24) is 15.3 Å². The number of halogens is 2. The fourth-order valence-electron chi connectivity index (χ4n) is 5.95. The van der Waals surface area contributed by atoms with Crippen molar-refractivity contribution < 1.29 is 19.1 Å². The highest BCUT2D eigenvalue weighted by molar-refractivity contribution is 6.42. The van der Waals surface area contributed by atoms with Crippen LogP contribution in [0.3, 0.4) is 0 Å². The second-order valence-electron chi connectivity index (χ2n) is 10.6. The van der Waals surface area contributed by atoms with E-state index in [0.717, 1.165) is 25.2 Å². The topological polar surface area (TPSA) is 109 Å². The summed E-state index contributed by atoms with van der Waals surface area (Å²) in [6, 6.07) is 1.11. The number of aromatic nitrogens is 2. The molecule has 2 N–H and O–H groups in total. The molecule has 2 heterocycles. The summed E-state index contributed by atoms with van der Waals surface area (Å²) in [6.45, 7) is 3.75. The number of carbonyl (C=O) groups excluding carboxylic acids is 2. The third kappa shape index (κ3) is 5.26. The Labute approximate surface area is 244 Å². The smallest absolute Gasteiger partial charge is 0.330 e. The van der Waals surface area contributed by atoms with Crippen molar-refractivity contribution in [2.75, 3.05) is 36.4 Å². The highest BCUT2D eigenvalue weighted by Crippen LogP contribution is 2.48. The van der Waals surface area contributed by atoms with Crippen LogP contribution in [-0.2, 0) is 11.3 Å². The van der Waals surface area contributed by atoms with Gasteiger partial charge in [0.1, 0.15) is 27.4 Å². The minimum absolute atomic E-state index is 0.0377. The molecule has 0 spiro atoms. The van der Waals surface area contributed by atoms with Crippen molar-refractivity contribution in [2.24, 2.45) is 11.8 Å². The quantitative estimate of drug-likeness (QED) is 0.396. The van der Waals surface area contributed by atoms with Gasteiger partial charge in [-0.2, -0.15) is 4.98 Å². The number of benzene rings is 1.